The van der Waals surface area contributed by atoms with Crippen LogP contribution < -0.4 is 19.6 Å². The zero-order valence-corrected chi connectivity index (χ0v) is 9.73. The summed E-state index contributed by atoms with van der Waals surface area (Å²) in [7, 11) is 4.49. The molecule has 0 atom stereocenters. The highest BCUT2D eigenvalue weighted by atomic mass is 16.5. The van der Waals surface area contributed by atoms with E-state index in [1.54, 1.807) is 6.07 Å². The lowest BCUT2D eigenvalue weighted by atomic mass is 10.2. The molecule has 0 aliphatic rings. The molecule has 0 aliphatic carbocycles. The monoisotopic (exact) mass is 236 g/mol. The number of hydrogen-bond acceptors (Lipinski definition) is 5. The van der Waals surface area contributed by atoms with Crippen molar-refractivity contribution in [3.05, 3.63) is 22.5 Å². The van der Waals surface area contributed by atoms with Gasteiger partial charge in [-0.25, -0.2) is 0 Å². The molecule has 1 N–H and O–H groups in total. The molecule has 6 nitrogen and oxygen atoms in total. The van der Waals surface area contributed by atoms with Crippen LogP contribution in [0.15, 0.2) is 17.1 Å². The molecule has 0 bridgehead atoms. The van der Waals surface area contributed by atoms with Gasteiger partial charge in [0, 0.05) is 0 Å². The second-order valence-corrected chi connectivity index (χ2v) is 3.30. The fourth-order valence-electron chi connectivity index (χ4n) is 1.69. The maximum atomic E-state index is 11.7. The Morgan fingerprint density at radius 3 is 2.41 bits per heavy atom. The third-order valence-corrected chi connectivity index (χ3v) is 2.45. The summed E-state index contributed by atoms with van der Waals surface area (Å²) < 4.78 is 15.6. The number of fused-ring (bicyclic) bond motifs is 1. The van der Waals surface area contributed by atoms with E-state index in [-0.39, 0.29) is 5.43 Å². The number of benzene rings is 1. The average molecular weight is 236 g/mol. The van der Waals surface area contributed by atoms with Crippen LogP contribution in [-0.2, 0) is 0 Å². The van der Waals surface area contributed by atoms with E-state index in [4.69, 9.17) is 14.2 Å². The Labute approximate surface area is 97.1 Å². The summed E-state index contributed by atoms with van der Waals surface area (Å²) in [5.74, 6) is 1.26. The van der Waals surface area contributed by atoms with Crippen LogP contribution >= 0.6 is 0 Å². The Kier molecular flexibility index (Phi) is 2.86. The Balaban J connectivity index is 2.94. The maximum absolute atomic E-state index is 11.7. The second-order valence-electron chi connectivity index (χ2n) is 3.30. The van der Waals surface area contributed by atoms with Crippen LogP contribution in [0.1, 0.15) is 0 Å². The minimum Gasteiger partial charge on any atom is -0.493 e. The van der Waals surface area contributed by atoms with E-state index in [1.807, 2.05) is 0 Å². The molecule has 0 unspecified atom stereocenters. The van der Waals surface area contributed by atoms with Crippen molar-refractivity contribution >= 4 is 10.9 Å². The number of nitrogens with one attached hydrogen (secondary N) is 1. The van der Waals surface area contributed by atoms with Crippen LogP contribution in [0.3, 0.4) is 0 Å². The zero-order valence-electron chi connectivity index (χ0n) is 9.73. The largest absolute Gasteiger partial charge is 0.493 e. The molecule has 0 saturated carbocycles. The van der Waals surface area contributed by atoms with Gasteiger partial charge in [0.15, 0.2) is 11.5 Å². The average Bonchev–Trinajstić information content (AvgIpc) is 2.36. The van der Waals surface area contributed by atoms with E-state index in [2.05, 4.69) is 10.2 Å². The third kappa shape index (κ3) is 1.67. The SMILES string of the molecule is COc1cc2c(=O)cn[nH]c2c(OC)c1OC. The van der Waals surface area contributed by atoms with Gasteiger partial charge in [-0.05, 0) is 6.07 Å². The molecule has 1 aromatic heterocycles. The van der Waals surface area contributed by atoms with Gasteiger partial charge in [-0.15, -0.1) is 0 Å². The zero-order chi connectivity index (χ0) is 12.4. The molecule has 2 rings (SSSR count). The van der Waals surface area contributed by atoms with Gasteiger partial charge >= 0.3 is 0 Å². The van der Waals surface area contributed by atoms with Crippen LogP contribution in [0.4, 0.5) is 0 Å². The second kappa shape index (κ2) is 4.32. The molecule has 0 saturated heterocycles. The Hall–Kier alpha value is -2.24. The fraction of sp³-hybridized carbons (Fsp3) is 0.273. The van der Waals surface area contributed by atoms with E-state index >= 15 is 0 Å². The van der Waals surface area contributed by atoms with Crippen molar-refractivity contribution in [1.29, 1.82) is 0 Å². The first-order valence-electron chi connectivity index (χ1n) is 4.89. The van der Waals surface area contributed by atoms with Crippen molar-refractivity contribution in [3.63, 3.8) is 0 Å². The third-order valence-electron chi connectivity index (χ3n) is 2.45. The number of aromatic amines is 1. The van der Waals surface area contributed by atoms with Gasteiger partial charge in [0.2, 0.25) is 11.2 Å². The molecule has 1 aromatic carbocycles. The van der Waals surface area contributed by atoms with Crippen LogP contribution in [0.5, 0.6) is 17.2 Å². The summed E-state index contributed by atoms with van der Waals surface area (Å²) in [6.07, 6.45) is 1.20. The van der Waals surface area contributed by atoms with Gasteiger partial charge in [-0.3, -0.25) is 9.89 Å². The van der Waals surface area contributed by atoms with E-state index < -0.39 is 0 Å². The summed E-state index contributed by atoms with van der Waals surface area (Å²) in [4.78, 5) is 11.7. The standard InChI is InChI=1S/C11H12N2O4/c1-15-8-4-6-7(14)5-12-13-9(6)11(17-3)10(8)16-2/h4-5H,1-3H3,(H,13,14). The highest BCUT2D eigenvalue weighted by Gasteiger charge is 2.17. The minimum atomic E-state index is -0.210. The van der Waals surface area contributed by atoms with E-state index in [1.165, 1.54) is 27.5 Å². The van der Waals surface area contributed by atoms with Crippen LogP contribution in [0.25, 0.3) is 10.9 Å². The molecular formula is C11H12N2O4. The number of rotatable bonds is 3. The quantitative estimate of drug-likeness (QED) is 0.858. The molecule has 2 aromatic rings. The number of H-pyrrole nitrogens is 1. The lowest BCUT2D eigenvalue weighted by molar-refractivity contribution is 0.326. The summed E-state index contributed by atoms with van der Waals surface area (Å²) >= 11 is 0. The summed E-state index contributed by atoms with van der Waals surface area (Å²) in [6, 6.07) is 1.59. The van der Waals surface area contributed by atoms with Gasteiger partial charge in [0.05, 0.1) is 32.9 Å². The molecule has 0 fully saturated rings. The number of nitrogens with zero attached hydrogens (tertiary/aromatic N) is 1. The molecule has 0 spiro atoms. The maximum Gasteiger partial charge on any atom is 0.208 e. The normalized spacial score (nSPS) is 10.3. The molecular weight excluding hydrogens is 224 g/mol. The van der Waals surface area contributed by atoms with Gasteiger partial charge in [0.1, 0.15) is 5.52 Å². The first kappa shape index (κ1) is 11.3. The van der Waals surface area contributed by atoms with Crippen LogP contribution in [0, 0.1) is 0 Å². The first-order chi connectivity index (χ1) is 8.22. The van der Waals surface area contributed by atoms with E-state index in [0.29, 0.717) is 28.2 Å². The van der Waals surface area contributed by atoms with Crippen LogP contribution in [0.2, 0.25) is 0 Å². The molecule has 90 valence electrons. The smallest absolute Gasteiger partial charge is 0.208 e. The lowest BCUT2D eigenvalue weighted by Crippen LogP contribution is -2.06. The van der Waals surface area contributed by atoms with Gasteiger partial charge in [-0.1, -0.05) is 0 Å². The van der Waals surface area contributed by atoms with Crippen molar-refractivity contribution in [3.8, 4) is 17.2 Å². The number of hydrogen-bond donors (Lipinski definition) is 1. The highest BCUT2D eigenvalue weighted by Crippen LogP contribution is 2.41. The Bertz CT molecular complexity index is 606. The van der Waals surface area contributed by atoms with Crippen molar-refractivity contribution in [1.82, 2.24) is 10.2 Å². The number of ether oxygens (including phenoxy) is 3. The molecule has 1 heterocycles. The molecule has 0 aliphatic heterocycles. The molecule has 17 heavy (non-hydrogen) atoms. The van der Waals surface area contributed by atoms with Crippen molar-refractivity contribution in [2.24, 2.45) is 0 Å². The highest BCUT2D eigenvalue weighted by molar-refractivity contribution is 5.89. The Morgan fingerprint density at radius 1 is 1.12 bits per heavy atom. The number of methoxy groups -OCH3 is 3. The van der Waals surface area contributed by atoms with Crippen molar-refractivity contribution in [2.45, 2.75) is 0 Å². The summed E-state index contributed by atoms with van der Waals surface area (Å²) in [5, 5.41) is 6.90. The van der Waals surface area contributed by atoms with Crippen LogP contribution in [-0.4, -0.2) is 31.5 Å². The van der Waals surface area contributed by atoms with Crippen molar-refractivity contribution < 1.29 is 14.2 Å². The molecule has 6 heteroatoms. The predicted octanol–water partition coefficient (Wildman–Crippen LogP) is 0.949. The van der Waals surface area contributed by atoms with Gasteiger partial charge < -0.3 is 14.2 Å². The minimum absolute atomic E-state index is 0.210. The molecule has 0 amide bonds. The lowest BCUT2D eigenvalue weighted by Gasteiger charge is -2.13. The van der Waals surface area contributed by atoms with Gasteiger partial charge in [0.25, 0.3) is 0 Å². The molecule has 0 radical (unpaired) electrons. The first-order valence-corrected chi connectivity index (χ1v) is 4.89. The topological polar surface area (TPSA) is 73.4 Å². The fourth-order valence-corrected chi connectivity index (χ4v) is 1.69. The number of aromatic nitrogens is 2. The van der Waals surface area contributed by atoms with Gasteiger partial charge in [-0.2, -0.15) is 5.10 Å². The Morgan fingerprint density at radius 2 is 1.82 bits per heavy atom. The summed E-state index contributed by atoms with van der Waals surface area (Å²) in [6.45, 7) is 0. The summed E-state index contributed by atoms with van der Waals surface area (Å²) in [5.41, 5.74) is 0.274. The van der Waals surface area contributed by atoms with Crippen molar-refractivity contribution in [2.75, 3.05) is 21.3 Å². The van der Waals surface area contributed by atoms with E-state index in [9.17, 15) is 4.79 Å². The predicted molar refractivity (Wildman–Crippen MR) is 62.0 cm³/mol. The van der Waals surface area contributed by atoms with E-state index in [0.717, 1.165) is 0 Å².